The van der Waals surface area contributed by atoms with Crippen LogP contribution in [-0.2, 0) is 21.2 Å². The predicted molar refractivity (Wildman–Crippen MR) is 108 cm³/mol. The van der Waals surface area contributed by atoms with Crippen LogP contribution in [0, 0.1) is 19.8 Å². The first kappa shape index (κ1) is 19.5. The molecular formula is C22H27NO3S. The van der Waals surface area contributed by atoms with Gasteiger partial charge in [0.25, 0.3) is 10.0 Å². The molecule has 0 radical (unpaired) electrons. The lowest BCUT2D eigenvalue weighted by atomic mass is 10.0. The van der Waals surface area contributed by atoms with Crippen LogP contribution in [0.1, 0.15) is 30.5 Å². The molecule has 1 aliphatic rings. The number of benzene rings is 2. The highest BCUT2D eigenvalue weighted by Crippen LogP contribution is 2.31. The van der Waals surface area contributed by atoms with E-state index in [-0.39, 0.29) is 12.0 Å². The minimum absolute atomic E-state index is 0.131. The van der Waals surface area contributed by atoms with Crippen LogP contribution in [0.5, 0.6) is 0 Å². The lowest BCUT2D eigenvalue weighted by molar-refractivity contribution is 0.115. The maximum absolute atomic E-state index is 13.5. The van der Waals surface area contributed by atoms with Crippen molar-refractivity contribution in [3.8, 4) is 0 Å². The molecule has 0 amide bonds. The molecule has 144 valence electrons. The number of aryl methyl sites for hydroxylation is 2. The van der Waals surface area contributed by atoms with E-state index in [1.54, 1.807) is 22.7 Å². The van der Waals surface area contributed by atoms with E-state index in [4.69, 9.17) is 4.74 Å². The second-order valence-electron chi connectivity index (χ2n) is 7.53. The Balaban J connectivity index is 2.03. The zero-order chi connectivity index (χ0) is 19.6. The van der Waals surface area contributed by atoms with Crippen molar-refractivity contribution in [1.29, 1.82) is 0 Å². The van der Waals surface area contributed by atoms with Crippen LogP contribution in [0.3, 0.4) is 0 Å². The Morgan fingerprint density at radius 3 is 2.41 bits per heavy atom. The van der Waals surface area contributed by atoms with Gasteiger partial charge in [-0.3, -0.25) is 4.31 Å². The Morgan fingerprint density at radius 2 is 1.78 bits per heavy atom. The molecule has 27 heavy (non-hydrogen) atoms. The molecular weight excluding hydrogens is 358 g/mol. The van der Waals surface area contributed by atoms with Gasteiger partial charge in [-0.15, -0.1) is 0 Å². The van der Waals surface area contributed by atoms with Gasteiger partial charge in [-0.25, -0.2) is 8.42 Å². The van der Waals surface area contributed by atoms with Gasteiger partial charge >= 0.3 is 0 Å². The molecule has 0 N–H and O–H groups in total. The summed E-state index contributed by atoms with van der Waals surface area (Å²) in [5.74, 6) is 0.131. The third-order valence-corrected chi connectivity index (χ3v) is 6.78. The zero-order valence-electron chi connectivity index (χ0n) is 16.3. The Morgan fingerprint density at radius 1 is 1.07 bits per heavy atom. The number of sulfonamides is 1. The first-order chi connectivity index (χ1) is 12.8. The molecule has 2 aromatic rings. The second-order valence-corrected chi connectivity index (χ2v) is 9.35. The standard InChI is InChI=1S/C22H27NO3S/c1-16(2)22-15-26-14-20(13-19-7-5-6-18(4)12-19)23(22)27(24,25)21-10-8-17(3)9-11-21/h5-12,14,16,22H,13,15H2,1-4H3/t22-/m1/s1. The van der Waals surface area contributed by atoms with Crippen LogP contribution in [0.25, 0.3) is 0 Å². The summed E-state index contributed by atoms with van der Waals surface area (Å²) >= 11 is 0. The average molecular weight is 386 g/mol. The molecule has 4 nitrogen and oxygen atoms in total. The molecule has 1 aliphatic heterocycles. The minimum Gasteiger partial charge on any atom is -0.497 e. The fraction of sp³-hybridized carbons (Fsp3) is 0.364. The van der Waals surface area contributed by atoms with E-state index in [0.29, 0.717) is 23.6 Å². The van der Waals surface area contributed by atoms with E-state index in [0.717, 1.165) is 16.7 Å². The minimum atomic E-state index is -3.67. The van der Waals surface area contributed by atoms with E-state index in [1.165, 1.54) is 0 Å². The highest BCUT2D eigenvalue weighted by atomic mass is 32.2. The molecule has 0 saturated heterocycles. The smallest absolute Gasteiger partial charge is 0.264 e. The third kappa shape index (κ3) is 4.19. The first-order valence-corrected chi connectivity index (χ1v) is 10.7. The molecule has 0 aliphatic carbocycles. The topological polar surface area (TPSA) is 46.6 Å². The van der Waals surface area contributed by atoms with Crippen LogP contribution in [0.15, 0.2) is 65.4 Å². The molecule has 1 atom stereocenters. The number of rotatable bonds is 5. The number of hydrogen-bond acceptors (Lipinski definition) is 3. The number of nitrogens with zero attached hydrogens (tertiary/aromatic N) is 1. The number of ether oxygens (including phenoxy) is 1. The first-order valence-electron chi connectivity index (χ1n) is 9.26. The summed E-state index contributed by atoms with van der Waals surface area (Å²) in [6.07, 6.45) is 2.11. The van der Waals surface area contributed by atoms with Gasteiger partial charge in [0.2, 0.25) is 0 Å². The van der Waals surface area contributed by atoms with Crippen LogP contribution >= 0.6 is 0 Å². The summed E-state index contributed by atoms with van der Waals surface area (Å²) < 4.78 is 34.3. The lowest BCUT2D eigenvalue weighted by Crippen LogP contribution is -2.47. The van der Waals surface area contributed by atoms with Gasteiger partial charge in [0, 0.05) is 6.42 Å². The Kier molecular flexibility index (Phi) is 5.61. The third-order valence-electron chi connectivity index (χ3n) is 4.89. The van der Waals surface area contributed by atoms with Gasteiger partial charge < -0.3 is 4.74 Å². The molecule has 0 spiro atoms. The average Bonchev–Trinajstić information content (AvgIpc) is 2.61. The van der Waals surface area contributed by atoms with Gasteiger partial charge in [0.1, 0.15) is 12.9 Å². The Bertz CT molecular complexity index is 930. The summed E-state index contributed by atoms with van der Waals surface area (Å²) in [5, 5.41) is 0. The zero-order valence-corrected chi connectivity index (χ0v) is 17.2. The Labute approximate surface area is 162 Å². The molecule has 3 rings (SSSR count). The maximum Gasteiger partial charge on any atom is 0.264 e. The van der Waals surface area contributed by atoms with E-state index < -0.39 is 10.0 Å². The van der Waals surface area contributed by atoms with Crippen LogP contribution < -0.4 is 0 Å². The SMILES string of the molecule is Cc1ccc(S(=O)(=O)N2C(Cc3cccc(C)c3)=COC[C@@H]2C(C)C)cc1. The van der Waals surface area contributed by atoms with E-state index in [9.17, 15) is 8.42 Å². The number of hydrogen-bond donors (Lipinski definition) is 0. The molecule has 1 heterocycles. The largest absolute Gasteiger partial charge is 0.497 e. The van der Waals surface area contributed by atoms with Crippen molar-refractivity contribution >= 4 is 10.0 Å². The second kappa shape index (κ2) is 7.77. The Hall–Kier alpha value is -2.27. The van der Waals surface area contributed by atoms with Gasteiger partial charge in [-0.05, 0) is 37.5 Å². The molecule has 0 saturated carbocycles. The molecule has 0 aromatic heterocycles. The van der Waals surface area contributed by atoms with Gasteiger partial charge in [0.05, 0.1) is 16.6 Å². The van der Waals surface area contributed by atoms with Gasteiger partial charge in [0.15, 0.2) is 0 Å². The van der Waals surface area contributed by atoms with Gasteiger partial charge in [-0.1, -0.05) is 61.4 Å². The van der Waals surface area contributed by atoms with Crippen molar-refractivity contribution in [2.45, 2.75) is 45.1 Å². The van der Waals surface area contributed by atoms with Crippen molar-refractivity contribution in [2.24, 2.45) is 5.92 Å². The van der Waals surface area contributed by atoms with Gasteiger partial charge in [-0.2, -0.15) is 0 Å². The summed E-state index contributed by atoms with van der Waals surface area (Å²) in [5.41, 5.74) is 3.93. The molecule has 0 bridgehead atoms. The quantitative estimate of drug-likeness (QED) is 0.765. The number of allylic oxidation sites excluding steroid dienone is 1. The summed E-state index contributed by atoms with van der Waals surface area (Å²) in [4.78, 5) is 0.316. The van der Waals surface area contributed by atoms with Crippen molar-refractivity contribution in [1.82, 2.24) is 4.31 Å². The lowest BCUT2D eigenvalue weighted by Gasteiger charge is -2.39. The molecule has 5 heteroatoms. The van der Waals surface area contributed by atoms with Crippen molar-refractivity contribution in [3.63, 3.8) is 0 Å². The fourth-order valence-corrected chi connectivity index (χ4v) is 5.13. The highest BCUT2D eigenvalue weighted by Gasteiger charge is 2.37. The van der Waals surface area contributed by atoms with Crippen LogP contribution in [0.4, 0.5) is 0 Å². The van der Waals surface area contributed by atoms with Crippen molar-refractivity contribution in [3.05, 3.63) is 77.2 Å². The van der Waals surface area contributed by atoms with Crippen molar-refractivity contribution < 1.29 is 13.2 Å². The fourth-order valence-electron chi connectivity index (χ4n) is 3.35. The predicted octanol–water partition coefficient (Wildman–Crippen LogP) is 4.43. The van der Waals surface area contributed by atoms with Crippen LogP contribution in [0.2, 0.25) is 0 Å². The summed E-state index contributed by atoms with van der Waals surface area (Å²) in [6, 6.07) is 14.9. The van der Waals surface area contributed by atoms with E-state index in [1.807, 2.05) is 58.0 Å². The summed E-state index contributed by atoms with van der Waals surface area (Å²) in [7, 11) is -3.67. The molecule has 0 fully saturated rings. The van der Waals surface area contributed by atoms with Crippen molar-refractivity contribution in [2.75, 3.05) is 6.61 Å². The van der Waals surface area contributed by atoms with E-state index in [2.05, 4.69) is 6.07 Å². The summed E-state index contributed by atoms with van der Waals surface area (Å²) in [6.45, 7) is 8.40. The normalized spacial score (nSPS) is 17.6. The van der Waals surface area contributed by atoms with E-state index >= 15 is 0 Å². The molecule has 0 unspecified atom stereocenters. The maximum atomic E-state index is 13.5. The van der Waals surface area contributed by atoms with Crippen LogP contribution in [-0.4, -0.2) is 25.4 Å². The highest BCUT2D eigenvalue weighted by molar-refractivity contribution is 7.89. The monoisotopic (exact) mass is 385 g/mol. The molecule has 2 aromatic carbocycles.